The summed E-state index contributed by atoms with van der Waals surface area (Å²) >= 11 is 0. The second-order valence-electron chi connectivity index (χ2n) is 10.6. The molecule has 7 heteroatoms. The van der Waals surface area contributed by atoms with Crippen molar-refractivity contribution in [2.75, 3.05) is 6.61 Å². The second kappa shape index (κ2) is 9.61. The highest BCUT2D eigenvalue weighted by Crippen LogP contribution is 2.58. The van der Waals surface area contributed by atoms with Crippen molar-refractivity contribution in [2.24, 2.45) is 5.92 Å². The van der Waals surface area contributed by atoms with Gasteiger partial charge in [-0.05, 0) is 74.5 Å². The third-order valence-corrected chi connectivity index (χ3v) is 7.70. The Labute approximate surface area is 201 Å². The lowest BCUT2D eigenvalue weighted by atomic mass is 9.62. The Morgan fingerprint density at radius 1 is 1.00 bits per heavy atom. The van der Waals surface area contributed by atoms with E-state index in [0.29, 0.717) is 23.3 Å². The average molecular weight is 475 g/mol. The Morgan fingerprint density at radius 2 is 1.71 bits per heavy atom. The minimum Gasteiger partial charge on any atom is -0.458 e. The molecule has 1 fully saturated rings. The summed E-state index contributed by atoms with van der Waals surface area (Å²) in [6.45, 7) is 11.8. The molecular weight excluding hydrogens is 436 g/mol. The highest BCUT2D eigenvalue weighted by molar-refractivity contribution is 5.74. The van der Waals surface area contributed by atoms with Crippen molar-refractivity contribution in [3.8, 4) is 11.5 Å². The SMILES string of the molecule is CC(=O)Oc1c(O[C@H]2OC[C@H](O)[C@@H](O)[C@@H]2O)c(C)c2c3c1[C@@H](C)CC[C@@H]3[C@@H](C)C[C@@H]2C=C(C)C. The molecule has 0 spiro atoms. The molecule has 0 unspecified atom stereocenters. The molecule has 1 saturated heterocycles. The number of benzene rings is 1. The molecule has 0 amide bonds. The summed E-state index contributed by atoms with van der Waals surface area (Å²) in [4.78, 5) is 12.2. The fraction of sp³-hybridized carbons (Fsp3) is 0.667. The molecule has 1 aromatic rings. The van der Waals surface area contributed by atoms with E-state index >= 15 is 0 Å². The van der Waals surface area contributed by atoms with E-state index in [2.05, 4.69) is 33.8 Å². The minimum atomic E-state index is -1.44. The molecule has 1 aromatic carbocycles. The zero-order valence-electron chi connectivity index (χ0n) is 21.0. The van der Waals surface area contributed by atoms with Crippen LogP contribution in [0.5, 0.6) is 11.5 Å². The standard InChI is InChI=1S/C27H38O7/c1-12(2)9-17-10-14(4)18-8-7-13(3)20-22(18)21(17)15(5)25(26(20)33-16(6)28)34-27-24(31)23(30)19(29)11-32-27/h9,13-14,17-19,23-24,27,29-31H,7-8,10-11H2,1-6H3/t13-,14-,17-,18+,19-,23+,24-,27+/m0/s1. The van der Waals surface area contributed by atoms with Gasteiger partial charge in [0.05, 0.1) is 6.61 Å². The molecule has 4 rings (SSSR count). The molecular formula is C27H38O7. The fourth-order valence-corrected chi connectivity index (χ4v) is 6.16. The van der Waals surface area contributed by atoms with Crippen LogP contribution in [0.3, 0.4) is 0 Å². The van der Waals surface area contributed by atoms with Crippen LogP contribution in [0.15, 0.2) is 11.6 Å². The van der Waals surface area contributed by atoms with Crippen molar-refractivity contribution in [1.82, 2.24) is 0 Å². The highest BCUT2D eigenvalue weighted by Gasteiger charge is 2.44. The van der Waals surface area contributed by atoms with Crippen LogP contribution in [0.25, 0.3) is 0 Å². The highest BCUT2D eigenvalue weighted by atomic mass is 16.7. The van der Waals surface area contributed by atoms with E-state index in [0.717, 1.165) is 30.4 Å². The van der Waals surface area contributed by atoms with Gasteiger partial charge in [-0.3, -0.25) is 4.79 Å². The lowest BCUT2D eigenvalue weighted by Gasteiger charge is -2.44. The molecule has 0 saturated carbocycles. The Balaban J connectivity index is 1.93. The van der Waals surface area contributed by atoms with Crippen molar-refractivity contribution < 1.29 is 34.3 Å². The molecule has 0 aromatic heterocycles. The maximum absolute atomic E-state index is 12.2. The van der Waals surface area contributed by atoms with Crippen molar-refractivity contribution in [2.45, 2.75) is 103 Å². The molecule has 188 valence electrons. The van der Waals surface area contributed by atoms with Gasteiger partial charge >= 0.3 is 5.97 Å². The van der Waals surface area contributed by atoms with E-state index in [1.54, 1.807) is 0 Å². The fourth-order valence-electron chi connectivity index (χ4n) is 6.16. The number of allylic oxidation sites excluding steroid dienone is 2. The summed E-state index contributed by atoms with van der Waals surface area (Å²) in [5.74, 6) is 1.57. The lowest BCUT2D eigenvalue weighted by Crippen LogP contribution is -2.54. The van der Waals surface area contributed by atoms with E-state index in [9.17, 15) is 20.1 Å². The smallest absolute Gasteiger partial charge is 0.308 e. The molecule has 2 aliphatic carbocycles. The van der Waals surface area contributed by atoms with Gasteiger partial charge in [0.15, 0.2) is 11.5 Å². The minimum absolute atomic E-state index is 0.168. The van der Waals surface area contributed by atoms with Gasteiger partial charge in [0, 0.05) is 18.4 Å². The quantitative estimate of drug-likeness (QED) is 0.346. The Bertz CT molecular complexity index is 980. The van der Waals surface area contributed by atoms with Crippen LogP contribution < -0.4 is 9.47 Å². The first-order chi connectivity index (χ1) is 16.0. The van der Waals surface area contributed by atoms with Crippen molar-refractivity contribution in [3.05, 3.63) is 33.9 Å². The molecule has 3 N–H and O–H groups in total. The number of aliphatic hydroxyl groups is 3. The summed E-state index contributed by atoms with van der Waals surface area (Å²) in [6, 6.07) is 0. The first kappa shape index (κ1) is 25.2. The normalized spacial score (nSPS) is 34.7. The Morgan fingerprint density at radius 3 is 2.35 bits per heavy atom. The number of carbonyl (C=O) groups excluding carboxylic acids is 1. The van der Waals surface area contributed by atoms with Crippen molar-refractivity contribution in [3.63, 3.8) is 0 Å². The predicted molar refractivity (Wildman–Crippen MR) is 127 cm³/mol. The second-order valence-corrected chi connectivity index (χ2v) is 10.6. The molecule has 34 heavy (non-hydrogen) atoms. The van der Waals surface area contributed by atoms with E-state index in [1.807, 2.05) is 6.92 Å². The Kier molecular flexibility index (Phi) is 7.11. The van der Waals surface area contributed by atoms with Crippen LogP contribution in [0.4, 0.5) is 0 Å². The largest absolute Gasteiger partial charge is 0.458 e. The van der Waals surface area contributed by atoms with Gasteiger partial charge in [0.1, 0.15) is 18.3 Å². The van der Waals surface area contributed by atoms with E-state index in [4.69, 9.17) is 14.2 Å². The molecule has 1 heterocycles. The average Bonchev–Trinajstić information content (AvgIpc) is 2.74. The molecule has 1 aliphatic heterocycles. The van der Waals surface area contributed by atoms with Gasteiger partial charge in [-0.25, -0.2) is 0 Å². The van der Waals surface area contributed by atoms with Crippen molar-refractivity contribution in [1.29, 1.82) is 0 Å². The first-order valence-electron chi connectivity index (χ1n) is 12.4. The molecule has 8 atom stereocenters. The van der Waals surface area contributed by atoms with Crippen molar-refractivity contribution >= 4 is 5.97 Å². The predicted octanol–water partition coefficient (Wildman–Crippen LogP) is 3.81. The van der Waals surface area contributed by atoms with Gasteiger partial charge in [-0.1, -0.05) is 25.5 Å². The zero-order valence-corrected chi connectivity index (χ0v) is 21.0. The van der Waals surface area contributed by atoms with Crippen LogP contribution in [0, 0.1) is 12.8 Å². The van der Waals surface area contributed by atoms with E-state index < -0.39 is 30.6 Å². The van der Waals surface area contributed by atoms with Crippen LogP contribution in [-0.4, -0.2) is 52.5 Å². The third kappa shape index (κ3) is 4.39. The van der Waals surface area contributed by atoms with E-state index in [1.165, 1.54) is 23.6 Å². The maximum Gasteiger partial charge on any atom is 0.308 e. The summed E-state index contributed by atoms with van der Waals surface area (Å²) < 4.78 is 17.6. The number of ether oxygens (including phenoxy) is 3. The number of carbonyl (C=O) groups is 1. The number of esters is 1. The van der Waals surface area contributed by atoms with Crippen LogP contribution in [0.2, 0.25) is 0 Å². The van der Waals surface area contributed by atoms with Gasteiger partial charge in [-0.15, -0.1) is 0 Å². The third-order valence-electron chi connectivity index (χ3n) is 7.70. The van der Waals surface area contributed by atoms with Crippen LogP contribution in [-0.2, 0) is 9.53 Å². The monoisotopic (exact) mass is 474 g/mol. The molecule has 0 radical (unpaired) electrons. The number of hydrogen-bond acceptors (Lipinski definition) is 7. The summed E-state index contributed by atoms with van der Waals surface area (Å²) in [7, 11) is 0. The lowest BCUT2D eigenvalue weighted by molar-refractivity contribution is -0.242. The summed E-state index contributed by atoms with van der Waals surface area (Å²) in [5.41, 5.74) is 5.60. The number of hydrogen-bond donors (Lipinski definition) is 3. The van der Waals surface area contributed by atoms with Gasteiger partial charge in [0.2, 0.25) is 6.29 Å². The summed E-state index contributed by atoms with van der Waals surface area (Å²) in [6.07, 6.45) is 0.173. The van der Waals surface area contributed by atoms with Gasteiger partial charge < -0.3 is 29.5 Å². The Hall–Kier alpha value is -1.93. The van der Waals surface area contributed by atoms with Crippen LogP contribution in [0.1, 0.15) is 93.9 Å². The number of rotatable bonds is 4. The van der Waals surface area contributed by atoms with Gasteiger partial charge in [-0.2, -0.15) is 0 Å². The number of aliphatic hydroxyl groups excluding tert-OH is 3. The molecule has 0 bridgehead atoms. The maximum atomic E-state index is 12.2. The molecule has 3 aliphatic rings. The molecule has 7 nitrogen and oxygen atoms in total. The van der Waals surface area contributed by atoms with Crippen LogP contribution >= 0.6 is 0 Å². The summed E-state index contributed by atoms with van der Waals surface area (Å²) in [5, 5.41) is 30.6. The first-order valence-corrected chi connectivity index (χ1v) is 12.4. The van der Waals surface area contributed by atoms with E-state index in [-0.39, 0.29) is 18.4 Å². The zero-order chi connectivity index (χ0) is 24.9. The van der Waals surface area contributed by atoms with Gasteiger partial charge in [0.25, 0.3) is 0 Å². The topological polar surface area (TPSA) is 105 Å².